The molecule has 0 bridgehead atoms. The molecule has 2 fully saturated rings. The number of thiocarbonyl (C=S) groups is 1. The molecule has 1 saturated carbocycles. The van der Waals surface area contributed by atoms with Gasteiger partial charge in [-0.1, -0.05) is 49.3 Å². The van der Waals surface area contributed by atoms with Crippen molar-refractivity contribution in [3.8, 4) is 11.5 Å². The number of thioether (sulfide) groups is 1. The van der Waals surface area contributed by atoms with Gasteiger partial charge in [0.2, 0.25) is 0 Å². The monoisotopic (exact) mass is 435 g/mol. The van der Waals surface area contributed by atoms with Gasteiger partial charge in [-0.25, -0.2) is 4.79 Å². The van der Waals surface area contributed by atoms with Crippen LogP contribution in [0.2, 0.25) is 0 Å². The number of carbonyl (C=O) groups is 2. The van der Waals surface area contributed by atoms with Crippen LogP contribution in [0.4, 0.5) is 0 Å². The van der Waals surface area contributed by atoms with Gasteiger partial charge < -0.3 is 14.2 Å². The van der Waals surface area contributed by atoms with Crippen LogP contribution in [-0.2, 0) is 14.3 Å². The lowest BCUT2D eigenvalue weighted by Crippen LogP contribution is -2.39. The van der Waals surface area contributed by atoms with E-state index in [1.165, 1.54) is 25.3 Å². The Morgan fingerprint density at radius 2 is 2.00 bits per heavy atom. The summed E-state index contributed by atoms with van der Waals surface area (Å²) in [5.74, 6) is 0.468. The SMILES string of the molecule is CCOc1cc(/C=C2\SC(=S)N(C3CCCCC3)C2=O)ccc1OCC(=O)OC. The van der Waals surface area contributed by atoms with Crippen LogP contribution in [0.5, 0.6) is 11.5 Å². The number of benzene rings is 1. The molecule has 3 rings (SSSR count). The summed E-state index contributed by atoms with van der Waals surface area (Å²) in [7, 11) is 1.31. The van der Waals surface area contributed by atoms with Crippen LogP contribution < -0.4 is 9.47 Å². The molecule has 156 valence electrons. The lowest BCUT2D eigenvalue weighted by molar-refractivity contribution is -0.142. The zero-order chi connectivity index (χ0) is 20.8. The van der Waals surface area contributed by atoms with Gasteiger partial charge in [0.15, 0.2) is 18.1 Å². The second-order valence-corrected chi connectivity index (χ2v) is 8.52. The van der Waals surface area contributed by atoms with Gasteiger partial charge in [-0.3, -0.25) is 9.69 Å². The fourth-order valence-electron chi connectivity index (χ4n) is 3.48. The van der Waals surface area contributed by atoms with Gasteiger partial charge in [0.1, 0.15) is 4.32 Å². The number of amides is 1. The second-order valence-electron chi connectivity index (χ2n) is 6.85. The zero-order valence-electron chi connectivity index (χ0n) is 16.6. The fourth-order valence-corrected chi connectivity index (χ4v) is 4.88. The Morgan fingerprint density at radius 1 is 1.24 bits per heavy atom. The molecule has 0 spiro atoms. The minimum Gasteiger partial charge on any atom is -0.490 e. The molecule has 1 aromatic rings. The molecule has 0 unspecified atom stereocenters. The number of esters is 1. The highest BCUT2D eigenvalue weighted by atomic mass is 32.2. The fraction of sp³-hybridized carbons (Fsp3) is 0.476. The Morgan fingerprint density at radius 3 is 2.69 bits per heavy atom. The molecule has 1 heterocycles. The highest BCUT2D eigenvalue weighted by Gasteiger charge is 2.37. The summed E-state index contributed by atoms with van der Waals surface area (Å²) < 4.78 is 16.3. The van der Waals surface area contributed by atoms with E-state index < -0.39 is 5.97 Å². The molecule has 0 atom stereocenters. The maximum atomic E-state index is 12.9. The van der Waals surface area contributed by atoms with E-state index in [0.717, 1.165) is 31.2 Å². The summed E-state index contributed by atoms with van der Waals surface area (Å²) >= 11 is 6.84. The minimum atomic E-state index is -0.470. The van der Waals surface area contributed by atoms with Crippen molar-refractivity contribution in [3.63, 3.8) is 0 Å². The van der Waals surface area contributed by atoms with Gasteiger partial charge in [-0.05, 0) is 43.5 Å². The van der Waals surface area contributed by atoms with Gasteiger partial charge in [0, 0.05) is 6.04 Å². The van der Waals surface area contributed by atoms with Gasteiger partial charge in [-0.15, -0.1) is 0 Å². The Labute approximate surface area is 180 Å². The van der Waals surface area contributed by atoms with E-state index >= 15 is 0 Å². The first-order valence-electron chi connectivity index (χ1n) is 9.77. The van der Waals surface area contributed by atoms with Crippen LogP contribution in [0.25, 0.3) is 6.08 Å². The normalized spacial score (nSPS) is 19.0. The summed E-state index contributed by atoms with van der Waals surface area (Å²) in [6.45, 7) is 2.11. The average molecular weight is 436 g/mol. The van der Waals surface area contributed by atoms with Crippen molar-refractivity contribution < 1.29 is 23.8 Å². The molecule has 8 heteroatoms. The molecule has 0 N–H and O–H groups in total. The highest BCUT2D eigenvalue weighted by Crippen LogP contribution is 2.38. The number of ether oxygens (including phenoxy) is 3. The summed E-state index contributed by atoms with van der Waals surface area (Å²) in [5.41, 5.74) is 0.808. The molecule has 1 amide bonds. The number of hydrogen-bond acceptors (Lipinski definition) is 7. The zero-order valence-corrected chi connectivity index (χ0v) is 18.3. The minimum absolute atomic E-state index is 0.0177. The molecule has 0 radical (unpaired) electrons. The summed E-state index contributed by atoms with van der Waals surface area (Å²) in [5, 5.41) is 0. The average Bonchev–Trinajstić information content (AvgIpc) is 3.01. The van der Waals surface area contributed by atoms with E-state index in [0.29, 0.717) is 27.3 Å². The Bertz CT molecular complexity index is 817. The number of methoxy groups -OCH3 is 1. The van der Waals surface area contributed by atoms with Crippen molar-refractivity contribution >= 4 is 46.3 Å². The summed E-state index contributed by atoms with van der Waals surface area (Å²) in [6.07, 6.45) is 7.37. The van der Waals surface area contributed by atoms with E-state index in [1.54, 1.807) is 17.0 Å². The first kappa shape index (κ1) is 21.6. The standard InChI is InChI=1S/C21H25NO5S2/c1-3-26-17-11-14(9-10-16(17)27-13-19(23)25-2)12-18-20(24)22(21(28)29-18)15-7-5-4-6-8-15/h9-12,15H,3-8,13H2,1-2H3/b18-12-. The van der Waals surface area contributed by atoms with Gasteiger partial charge in [0.05, 0.1) is 18.6 Å². The largest absolute Gasteiger partial charge is 0.490 e. The van der Waals surface area contributed by atoms with E-state index in [9.17, 15) is 9.59 Å². The van der Waals surface area contributed by atoms with E-state index in [-0.39, 0.29) is 18.6 Å². The third-order valence-electron chi connectivity index (χ3n) is 4.90. The smallest absolute Gasteiger partial charge is 0.343 e. The van der Waals surface area contributed by atoms with Crippen molar-refractivity contribution in [1.82, 2.24) is 4.90 Å². The first-order chi connectivity index (χ1) is 14.0. The topological polar surface area (TPSA) is 65.1 Å². The number of nitrogens with zero attached hydrogens (tertiary/aromatic N) is 1. The van der Waals surface area contributed by atoms with Gasteiger partial charge >= 0.3 is 5.97 Å². The molecule has 1 saturated heterocycles. The molecule has 1 aromatic carbocycles. The lowest BCUT2D eigenvalue weighted by Gasteiger charge is -2.29. The Balaban J connectivity index is 1.78. The summed E-state index contributed by atoms with van der Waals surface area (Å²) in [6, 6.07) is 5.56. The third-order valence-corrected chi connectivity index (χ3v) is 6.23. The Hall–Kier alpha value is -2.06. The predicted molar refractivity (Wildman–Crippen MR) is 117 cm³/mol. The van der Waals surface area contributed by atoms with Crippen molar-refractivity contribution in [1.29, 1.82) is 0 Å². The first-order valence-corrected chi connectivity index (χ1v) is 11.0. The van der Waals surface area contributed by atoms with E-state index in [1.807, 2.05) is 19.1 Å². The molecule has 0 aromatic heterocycles. The third kappa shape index (κ3) is 5.30. The summed E-state index contributed by atoms with van der Waals surface area (Å²) in [4.78, 5) is 26.7. The molecular formula is C21H25NO5S2. The second kappa shape index (κ2) is 10.1. The maximum absolute atomic E-state index is 12.9. The van der Waals surface area contributed by atoms with Crippen molar-refractivity contribution in [2.45, 2.75) is 45.1 Å². The van der Waals surface area contributed by atoms with Crippen LogP contribution >= 0.6 is 24.0 Å². The van der Waals surface area contributed by atoms with Crippen LogP contribution in [-0.4, -0.2) is 47.5 Å². The lowest BCUT2D eigenvalue weighted by atomic mass is 9.94. The molecular weight excluding hydrogens is 410 g/mol. The van der Waals surface area contributed by atoms with E-state index in [2.05, 4.69) is 4.74 Å². The number of rotatable bonds is 7. The highest BCUT2D eigenvalue weighted by molar-refractivity contribution is 8.26. The molecule has 1 aliphatic carbocycles. The van der Waals surface area contributed by atoms with Crippen LogP contribution in [0.3, 0.4) is 0 Å². The van der Waals surface area contributed by atoms with Crippen molar-refractivity contribution in [2.75, 3.05) is 20.3 Å². The maximum Gasteiger partial charge on any atom is 0.343 e. The van der Waals surface area contributed by atoms with Gasteiger partial charge in [0.25, 0.3) is 5.91 Å². The van der Waals surface area contributed by atoms with Crippen LogP contribution in [0, 0.1) is 0 Å². The van der Waals surface area contributed by atoms with Gasteiger partial charge in [-0.2, -0.15) is 0 Å². The van der Waals surface area contributed by atoms with Crippen molar-refractivity contribution in [3.05, 3.63) is 28.7 Å². The molecule has 29 heavy (non-hydrogen) atoms. The van der Waals surface area contributed by atoms with Crippen molar-refractivity contribution in [2.24, 2.45) is 0 Å². The van der Waals surface area contributed by atoms with E-state index in [4.69, 9.17) is 21.7 Å². The molecule has 1 aliphatic heterocycles. The number of carbonyl (C=O) groups excluding carboxylic acids is 2. The molecule has 6 nitrogen and oxygen atoms in total. The molecule has 2 aliphatic rings. The number of hydrogen-bond donors (Lipinski definition) is 0. The van der Waals surface area contributed by atoms with Crippen LogP contribution in [0.15, 0.2) is 23.1 Å². The predicted octanol–water partition coefficient (Wildman–Crippen LogP) is 4.17. The Kier molecular flexibility index (Phi) is 7.55. The quantitative estimate of drug-likeness (QED) is 0.362. The van der Waals surface area contributed by atoms with Crippen LogP contribution in [0.1, 0.15) is 44.6 Å².